The van der Waals surface area contributed by atoms with Gasteiger partial charge in [-0.3, -0.25) is 9.59 Å². The summed E-state index contributed by atoms with van der Waals surface area (Å²) in [5, 5.41) is 10.1. The minimum Gasteiger partial charge on any atom is -0.481 e. The van der Waals surface area contributed by atoms with Crippen LogP contribution in [0.4, 0.5) is 0 Å². The van der Waals surface area contributed by atoms with Crippen molar-refractivity contribution < 1.29 is 19.4 Å². The molecule has 0 aliphatic heterocycles. The van der Waals surface area contributed by atoms with E-state index in [0.717, 1.165) is 63.4 Å². The Labute approximate surface area is 175 Å². The number of carbonyl (C=O) groups is 2. The fraction of sp³-hybridized carbons (Fsp3) is 0.840. The molecule has 4 nitrogen and oxygen atoms in total. The number of carbonyl (C=O) groups excluding carboxylic acids is 1. The summed E-state index contributed by atoms with van der Waals surface area (Å²) >= 11 is 0. The van der Waals surface area contributed by atoms with Crippen molar-refractivity contribution in [3.05, 3.63) is 12.2 Å². The molecule has 0 heterocycles. The Hall–Kier alpha value is -1.32. The van der Waals surface area contributed by atoms with Crippen molar-refractivity contribution >= 4 is 11.9 Å². The lowest BCUT2D eigenvalue weighted by molar-refractivity contribution is -0.197. The molecule has 4 aliphatic carbocycles. The summed E-state index contributed by atoms with van der Waals surface area (Å²) in [7, 11) is 0. The molecule has 0 aromatic rings. The predicted octanol–water partition coefficient (Wildman–Crippen LogP) is 5.61. The first-order valence-electron chi connectivity index (χ1n) is 11.7. The minimum atomic E-state index is -0.635. The Bertz CT molecular complexity index is 728. The molecule has 2 bridgehead atoms. The van der Waals surface area contributed by atoms with Crippen molar-refractivity contribution in [3.63, 3.8) is 0 Å². The number of hydrogen-bond donors (Lipinski definition) is 1. The summed E-state index contributed by atoms with van der Waals surface area (Å²) in [5.41, 5.74) is 0.457. The fourth-order valence-electron chi connectivity index (χ4n) is 8.18. The zero-order valence-electron chi connectivity index (χ0n) is 18.6. The smallest absolute Gasteiger partial charge is 0.309 e. The van der Waals surface area contributed by atoms with E-state index >= 15 is 0 Å². The highest BCUT2D eigenvalue weighted by molar-refractivity contribution is 5.75. The van der Waals surface area contributed by atoms with Crippen LogP contribution in [0.15, 0.2) is 12.2 Å². The zero-order chi connectivity index (χ0) is 21.2. The fourth-order valence-corrected chi connectivity index (χ4v) is 8.18. The number of aliphatic carboxylic acids is 1. The number of hydrogen-bond acceptors (Lipinski definition) is 3. The Morgan fingerprint density at radius 3 is 2.55 bits per heavy atom. The third kappa shape index (κ3) is 2.76. The first-order chi connectivity index (χ1) is 13.6. The number of esters is 1. The van der Waals surface area contributed by atoms with Crippen LogP contribution in [0.5, 0.6) is 0 Å². The molecule has 0 radical (unpaired) electrons. The van der Waals surface area contributed by atoms with Gasteiger partial charge in [0.05, 0.1) is 11.3 Å². The van der Waals surface area contributed by atoms with E-state index in [2.05, 4.69) is 13.5 Å². The molecule has 1 N–H and O–H groups in total. The molecule has 4 rings (SSSR count). The van der Waals surface area contributed by atoms with Crippen LogP contribution >= 0.6 is 0 Å². The van der Waals surface area contributed by atoms with Gasteiger partial charge >= 0.3 is 11.9 Å². The largest absolute Gasteiger partial charge is 0.481 e. The molecule has 0 aromatic heterocycles. The van der Waals surface area contributed by atoms with Gasteiger partial charge in [-0.05, 0) is 87.0 Å². The van der Waals surface area contributed by atoms with Gasteiger partial charge in [-0.15, -0.1) is 0 Å². The van der Waals surface area contributed by atoms with E-state index < -0.39 is 11.4 Å². The minimum absolute atomic E-state index is 0.000258. The Kier molecular flexibility index (Phi) is 4.94. The molecular weight excluding hydrogens is 364 g/mol. The second-order valence-electron chi connectivity index (χ2n) is 11.1. The lowest BCUT2D eigenvalue weighted by Crippen LogP contribution is -2.60. The average Bonchev–Trinajstić information content (AvgIpc) is 2.87. The van der Waals surface area contributed by atoms with E-state index in [1.165, 1.54) is 0 Å². The summed E-state index contributed by atoms with van der Waals surface area (Å²) in [6.45, 7) is 12.7. The molecule has 162 valence electrons. The topological polar surface area (TPSA) is 63.6 Å². The second-order valence-corrected chi connectivity index (χ2v) is 11.1. The van der Waals surface area contributed by atoms with Crippen LogP contribution < -0.4 is 0 Å². The van der Waals surface area contributed by atoms with Gasteiger partial charge in [-0.2, -0.15) is 0 Å². The maximum atomic E-state index is 12.7. The van der Waals surface area contributed by atoms with Crippen LogP contribution in [0.3, 0.4) is 0 Å². The molecule has 4 fully saturated rings. The van der Waals surface area contributed by atoms with Crippen LogP contribution in [-0.2, 0) is 14.3 Å². The van der Waals surface area contributed by atoms with Crippen LogP contribution in [0.25, 0.3) is 0 Å². The van der Waals surface area contributed by atoms with Crippen molar-refractivity contribution in [1.82, 2.24) is 0 Å². The van der Waals surface area contributed by atoms with Crippen molar-refractivity contribution in [1.29, 1.82) is 0 Å². The quantitative estimate of drug-likeness (QED) is 0.490. The number of carboxylic acids is 1. The molecule has 8 atom stereocenters. The van der Waals surface area contributed by atoms with E-state index in [1.54, 1.807) is 0 Å². The van der Waals surface area contributed by atoms with Crippen molar-refractivity contribution in [2.45, 2.75) is 91.6 Å². The standard InChI is InChI=1S/C25H38O4/c1-6-15(2)21(26)29-20-16(3)17-8-9-19-23(4)11-7-12-24(5,22(27)28)18(23)10-13-25(19,20)14-17/h15,17-20H,3,6-14H2,1-2,4-5H3,(H,27,28). The molecule has 4 saturated carbocycles. The van der Waals surface area contributed by atoms with Gasteiger partial charge in [-0.1, -0.05) is 33.8 Å². The van der Waals surface area contributed by atoms with Gasteiger partial charge < -0.3 is 9.84 Å². The van der Waals surface area contributed by atoms with Crippen molar-refractivity contribution in [3.8, 4) is 0 Å². The summed E-state index contributed by atoms with van der Waals surface area (Å²) in [4.78, 5) is 25.0. The number of carboxylic acid groups (broad SMARTS) is 1. The average molecular weight is 403 g/mol. The molecular formula is C25H38O4. The maximum Gasteiger partial charge on any atom is 0.309 e. The zero-order valence-corrected chi connectivity index (χ0v) is 18.6. The Balaban J connectivity index is 1.71. The van der Waals surface area contributed by atoms with Crippen molar-refractivity contribution in [2.24, 2.45) is 39.9 Å². The highest BCUT2D eigenvalue weighted by atomic mass is 16.5. The Morgan fingerprint density at radius 2 is 1.90 bits per heavy atom. The van der Waals surface area contributed by atoms with E-state index in [4.69, 9.17) is 4.74 Å². The van der Waals surface area contributed by atoms with Crippen LogP contribution in [0.1, 0.15) is 85.5 Å². The highest BCUT2D eigenvalue weighted by Gasteiger charge is 2.68. The molecule has 0 saturated heterocycles. The Morgan fingerprint density at radius 1 is 1.17 bits per heavy atom. The summed E-state index contributed by atoms with van der Waals surface area (Å²) in [6, 6.07) is 0. The molecule has 0 aromatic carbocycles. The molecule has 4 heteroatoms. The number of ether oxygens (including phenoxy) is 1. The van der Waals surface area contributed by atoms with Crippen LogP contribution in [0, 0.1) is 39.9 Å². The van der Waals surface area contributed by atoms with Gasteiger partial charge in [-0.25, -0.2) is 0 Å². The predicted molar refractivity (Wildman–Crippen MR) is 112 cm³/mol. The molecule has 29 heavy (non-hydrogen) atoms. The highest BCUT2D eigenvalue weighted by Crippen LogP contribution is 2.72. The summed E-state index contributed by atoms with van der Waals surface area (Å²) in [5.74, 6) is 0.260. The molecule has 4 aliphatic rings. The third-order valence-corrected chi connectivity index (χ3v) is 9.92. The maximum absolute atomic E-state index is 12.7. The molecule has 1 spiro atoms. The van der Waals surface area contributed by atoms with Gasteiger partial charge in [0, 0.05) is 5.41 Å². The van der Waals surface area contributed by atoms with E-state index in [1.807, 2.05) is 20.8 Å². The monoisotopic (exact) mass is 402 g/mol. The van der Waals surface area contributed by atoms with Gasteiger partial charge in [0.15, 0.2) is 0 Å². The van der Waals surface area contributed by atoms with E-state index in [9.17, 15) is 14.7 Å². The SMILES string of the molecule is C=C1C2CCC3C4(C)CCCC(C)(C(=O)O)C4CCC3(C2)C1OC(=O)C(C)CC. The van der Waals surface area contributed by atoms with E-state index in [-0.39, 0.29) is 34.7 Å². The first-order valence-corrected chi connectivity index (χ1v) is 11.7. The first kappa shape index (κ1) is 20.9. The normalized spacial score (nSPS) is 47.1. The second kappa shape index (κ2) is 6.85. The molecule has 8 unspecified atom stereocenters. The van der Waals surface area contributed by atoms with Crippen LogP contribution in [0.2, 0.25) is 0 Å². The van der Waals surface area contributed by atoms with Gasteiger partial charge in [0.1, 0.15) is 6.10 Å². The lowest BCUT2D eigenvalue weighted by atomic mass is 9.40. The summed E-state index contributed by atoms with van der Waals surface area (Å²) in [6.07, 6.45) is 8.64. The molecule has 0 amide bonds. The number of rotatable bonds is 4. The van der Waals surface area contributed by atoms with Gasteiger partial charge in [0.2, 0.25) is 0 Å². The third-order valence-electron chi connectivity index (χ3n) is 9.92. The van der Waals surface area contributed by atoms with Gasteiger partial charge in [0.25, 0.3) is 0 Å². The van der Waals surface area contributed by atoms with Crippen molar-refractivity contribution in [2.75, 3.05) is 0 Å². The van der Waals surface area contributed by atoms with E-state index in [0.29, 0.717) is 11.8 Å². The van der Waals surface area contributed by atoms with Crippen LogP contribution in [-0.4, -0.2) is 23.1 Å². The lowest BCUT2D eigenvalue weighted by Gasteiger charge is -2.63. The number of fused-ring (bicyclic) bond motifs is 3. The summed E-state index contributed by atoms with van der Waals surface area (Å²) < 4.78 is 6.22.